The van der Waals surface area contributed by atoms with Gasteiger partial charge in [-0.3, -0.25) is 0 Å². The van der Waals surface area contributed by atoms with Crippen molar-refractivity contribution in [2.24, 2.45) is 0 Å². The molecule has 1 heterocycles. The molecule has 14 heavy (non-hydrogen) atoms. The van der Waals surface area contributed by atoms with Crippen molar-refractivity contribution in [2.45, 2.75) is 32.6 Å². The van der Waals surface area contributed by atoms with Crippen molar-refractivity contribution in [3.05, 3.63) is 20.3 Å². The van der Waals surface area contributed by atoms with Crippen LogP contribution in [0.5, 0.6) is 0 Å². The van der Waals surface area contributed by atoms with Gasteiger partial charge in [0.25, 0.3) is 0 Å². The first-order valence-electron chi connectivity index (χ1n) is 4.66. The third-order valence-corrected chi connectivity index (χ3v) is 3.89. The normalized spacial score (nSPS) is 10.4. The number of hydrogen-bond donors (Lipinski definition) is 1. The molecule has 2 nitrogen and oxygen atoms in total. The summed E-state index contributed by atoms with van der Waals surface area (Å²) in [6, 6.07) is 1.77. The molecule has 0 aliphatic heterocycles. The van der Waals surface area contributed by atoms with Gasteiger partial charge in [0.15, 0.2) is 0 Å². The SMILES string of the molecule is CCCCCc1cc(C(=O)O)c(Br)s1. The molecule has 0 unspecified atom stereocenters. The molecule has 0 saturated heterocycles. The molecular formula is C10H13BrO2S. The van der Waals surface area contributed by atoms with Gasteiger partial charge in [0.05, 0.1) is 9.35 Å². The Morgan fingerprint density at radius 2 is 2.29 bits per heavy atom. The Morgan fingerprint density at radius 3 is 2.79 bits per heavy atom. The second kappa shape index (κ2) is 5.51. The van der Waals surface area contributed by atoms with Gasteiger partial charge in [-0.1, -0.05) is 19.8 Å². The number of carboxylic acid groups (broad SMARTS) is 1. The highest BCUT2D eigenvalue weighted by Crippen LogP contribution is 2.29. The first kappa shape index (κ1) is 11.7. The summed E-state index contributed by atoms with van der Waals surface area (Å²) in [5, 5.41) is 8.83. The summed E-state index contributed by atoms with van der Waals surface area (Å²) in [5.41, 5.74) is 0.390. The van der Waals surface area contributed by atoms with Gasteiger partial charge in [-0.2, -0.15) is 0 Å². The molecule has 78 valence electrons. The van der Waals surface area contributed by atoms with Gasteiger partial charge in [-0.05, 0) is 34.8 Å². The van der Waals surface area contributed by atoms with Crippen LogP contribution in [0.15, 0.2) is 9.85 Å². The molecular weight excluding hydrogens is 264 g/mol. The first-order valence-corrected chi connectivity index (χ1v) is 6.27. The van der Waals surface area contributed by atoms with Crippen LogP contribution in [-0.2, 0) is 6.42 Å². The standard InChI is InChI=1S/C10H13BrO2S/c1-2-3-4-5-7-6-8(10(12)13)9(11)14-7/h6H,2-5H2,1H3,(H,12,13). The zero-order valence-electron chi connectivity index (χ0n) is 8.05. The van der Waals surface area contributed by atoms with Crippen LogP contribution in [0.4, 0.5) is 0 Å². The van der Waals surface area contributed by atoms with Crippen molar-refractivity contribution < 1.29 is 9.90 Å². The zero-order valence-corrected chi connectivity index (χ0v) is 10.4. The number of aryl methyl sites for hydroxylation is 1. The molecule has 0 saturated carbocycles. The van der Waals surface area contributed by atoms with Gasteiger partial charge in [-0.25, -0.2) is 4.79 Å². The van der Waals surface area contributed by atoms with E-state index in [2.05, 4.69) is 22.9 Å². The van der Waals surface area contributed by atoms with Crippen LogP contribution >= 0.6 is 27.3 Å². The van der Waals surface area contributed by atoms with Crippen LogP contribution < -0.4 is 0 Å². The maximum atomic E-state index is 10.7. The number of aromatic carboxylic acids is 1. The van der Waals surface area contributed by atoms with Gasteiger partial charge in [0.2, 0.25) is 0 Å². The molecule has 1 aromatic rings. The largest absolute Gasteiger partial charge is 0.478 e. The highest BCUT2D eigenvalue weighted by molar-refractivity contribution is 9.11. The highest BCUT2D eigenvalue weighted by Gasteiger charge is 2.12. The number of unbranched alkanes of at least 4 members (excludes halogenated alkanes) is 2. The van der Waals surface area contributed by atoms with Crippen molar-refractivity contribution >= 4 is 33.2 Å². The van der Waals surface area contributed by atoms with E-state index in [-0.39, 0.29) is 0 Å². The Balaban J connectivity index is 2.62. The molecule has 1 aromatic heterocycles. The van der Waals surface area contributed by atoms with Crippen LogP contribution in [0.3, 0.4) is 0 Å². The minimum Gasteiger partial charge on any atom is -0.478 e. The van der Waals surface area contributed by atoms with E-state index in [1.54, 1.807) is 6.07 Å². The summed E-state index contributed by atoms with van der Waals surface area (Å²) in [7, 11) is 0. The van der Waals surface area contributed by atoms with Crippen molar-refractivity contribution in [3.8, 4) is 0 Å². The molecule has 0 spiro atoms. The number of rotatable bonds is 5. The number of carbonyl (C=O) groups is 1. The van der Waals surface area contributed by atoms with Crippen molar-refractivity contribution in [1.82, 2.24) is 0 Å². The number of thiophene rings is 1. The Labute approximate surface area is 96.1 Å². The molecule has 0 radical (unpaired) electrons. The molecule has 0 aliphatic rings. The van der Waals surface area contributed by atoms with Crippen molar-refractivity contribution in [2.75, 3.05) is 0 Å². The van der Waals surface area contributed by atoms with Crippen molar-refractivity contribution in [3.63, 3.8) is 0 Å². The summed E-state index contributed by atoms with van der Waals surface area (Å²) in [5.74, 6) is -0.852. The van der Waals surface area contributed by atoms with Gasteiger partial charge in [0.1, 0.15) is 0 Å². The van der Waals surface area contributed by atoms with Crippen LogP contribution in [0.2, 0.25) is 0 Å². The van der Waals surface area contributed by atoms with E-state index in [1.165, 1.54) is 24.2 Å². The van der Waals surface area contributed by atoms with Crippen LogP contribution in [-0.4, -0.2) is 11.1 Å². The monoisotopic (exact) mass is 276 g/mol. The number of halogens is 1. The Bertz CT molecular complexity index is 320. The fraction of sp³-hybridized carbons (Fsp3) is 0.500. The van der Waals surface area contributed by atoms with E-state index >= 15 is 0 Å². The van der Waals surface area contributed by atoms with Crippen molar-refractivity contribution in [1.29, 1.82) is 0 Å². The van der Waals surface area contributed by atoms with Gasteiger partial charge < -0.3 is 5.11 Å². The van der Waals surface area contributed by atoms with E-state index in [4.69, 9.17) is 5.11 Å². The van der Waals surface area contributed by atoms with Gasteiger partial charge >= 0.3 is 5.97 Å². The Morgan fingerprint density at radius 1 is 1.57 bits per heavy atom. The minimum absolute atomic E-state index is 0.390. The fourth-order valence-corrected chi connectivity index (χ4v) is 3.05. The van der Waals surface area contributed by atoms with E-state index in [9.17, 15) is 4.79 Å². The quantitative estimate of drug-likeness (QED) is 0.828. The Kier molecular flexibility index (Phi) is 4.62. The molecule has 0 bridgehead atoms. The second-order valence-electron chi connectivity index (χ2n) is 3.16. The van der Waals surface area contributed by atoms with Gasteiger partial charge in [-0.15, -0.1) is 11.3 Å². The lowest BCUT2D eigenvalue weighted by atomic mass is 10.2. The molecule has 4 heteroatoms. The first-order chi connectivity index (χ1) is 6.65. The summed E-state index contributed by atoms with van der Waals surface area (Å²) in [6.45, 7) is 2.16. The molecule has 1 N–H and O–H groups in total. The Hall–Kier alpha value is -0.350. The molecule has 0 aliphatic carbocycles. The third kappa shape index (κ3) is 3.10. The summed E-state index contributed by atoms with van der Waals surface area (Å²) in [4.78, 5) is 11.9. The maximum Gasteiger partial charge on any atom is 0.337 e. The smallest absolute Gasteiger partial charge is 0.337 e. The minimum atomic E-state index is -0.852. The summed E-state index contributed by atoms with van der Waals surface area (Å²) >= 11 is 4.79. The average Bonchev–Trinajstić information content (AvgIpc) is 2.47. The van der Waals surface area contributed by atoms with E-state index in [1.807, 2.05) is 0 Å². The summed E-state index contributed by atoms with van der Waals surface area (Å²) in [6.07, 6.45) is 4.53. The van der Waals surface area contributed by atoms with Crippen LogP contribution in [0.1, 0.15) is 41.4 Å². The van der Waals surface area contributed by atoms with E-state index < -0.39 is 5.97 Å². The molecule has 0 fully saturated rings. The highest BCUT2D eigenvalue weighted by atomic mass is 79.9. The zero-order chi connectivity index (χ0) is 10.6. The maximum absolute atomic E-state index is 10.7. The lowest BCUT2D eigenvalue weighted by molar-refractivity contribution is 0.0696. The average molecular weight is 277 g/mol. The fourth-order valence-electron chi connectivity index (χ4n) is 1.24. The predicted molar refractivity (Wildman–Crippen MR) is 62.2 cm³/mol. The lowest BCUT2D eigenvalue weighted by Crippen LogP contribution is -1.93. The molecule has 0 atom stereocenters. The lowest BCUT2D eigenvalue weighted by Gasteiger charge is -1.93. The predicted octanol–water partition coefficient (Wildman–Crippen LogP) is 3.94. The summed E-state index contributed by atoms with van der Waals surface area (Å²) < 4.78 is 0.733. The number of hydrogen-bond acceptors (Lipinski definition) is 2. The topological polar surface area (TPSA) is 37.3 Å². The van der Waals surface area contributed by atoms with E-state index in [0.29, 0.717) is 5.56 Å². The molecule has 0 amide bonds. The van der Waals surface area contributed by atoms with Gasteiger partial charge in [0, 0.05) is 4.88 Å². The van der Waals surface area contributed by atoms with Crippen LogP contribution in [0.25, 0.3) is 0 Å². The third-order valence-electron chi connectivity index (χ3n) is 1.99. The molecule has 1 rings (SSSR count). The second-order valence-corrected chi connectivity index (χ2v) is 5.62. The molecule has 0 aromatic carbocycles. The number of carboxylic acids is 1. The van der Waals surface area contributed by atoms with Crippen LogP contribution in [0, 0.1) is 0 Å². The van der Waals surface area contributed by atoms with E-state index in [0.717, 1.165) is 21.5 Å².